The smallest absolute Gasteiger partial charge is 0.307 e. The van der Waals surface area contributed by atoms with Crippen LogP contribution in [0, 0.1) is 0 Å². The van der Waals surface area contributed by atoms with E-state index < -0.39 is 5.54 Å². The molecule has 1 aromatic rings. The van der Waals surface area contributed by atoms with Gasteiger partial charge >= 0.3 is 5.97 Å². The lowest BCUT2D eigenvalue weighted by atomic mass is 10.00. The summed E-state index contributed by atoms with van der Waals surface area (Å²) in [5.41, 5.74) is -0.232. The van der Waals surface area contributed by atoms with Crippen molar-refractivity contribution in [3.05, 3.63) is 29.8 Å². The Bertz CT molecular complexity index is 513. The summed E-state index contributed by atoms with van der Waals surface area (Å²) < 4.78 is 15.0. The molecule has 0 radical (unpaired) electrons. The van der Waals surface area contributed by atoms with Crippen LogP contribution in [0.5, 0.6) is 5.75 Å². The molecule has 6 heteroatoms. The maximum atomic E-state index is 12.3. The van der Waals surface area contributed by atoms with E-state index in [4.69, 9.17) is 9.47 Å². The second-order valence-corrected chi connectivity index (χ2v) is 5.46. The van der Waals surface area contributed by atoms with Gasteiger partial charge in [0.2, 0.25) is 0 Å². The third-order valence-electron chi connectivity index (χ3n) is 2.92. The number of benzene rings is 1. The van der Waals surface area contributed by atoms with Crippen molar-refractivity contribution in [2.45, 2.75) is 25.8 Å². The summed E-state index contributed by atoms with van der Waals surface area (Å²) in [6.45, 7) is 4.42. The zero-order valence-corrected chi connectivity index (χ0v) is 13.5. The standard InChI is InChI=1S/C16H23NO5/c1-16(2,11-14(18)21-4)17-15(19)12-6-5-7-13(10-12)22-9-8-20-3/h5-7,10H,8-9,11H2,1-4H3,(H,17,19). The molecule has 0 aliphatic carbocycles. The number of carbonyl (C=O) groups is 2. The zero-order chi connectivity index (χ0) is 16.6. The number of amides is 1. The Balaban J connectivity index is 2.68. The van der Waals surface area contributed by atoms with Crippen molar-refractivity contribution in [3.63, 3.8) is 0 Å². The summed E-state index contributed by atoms with van der Waals surface area (Å²) in [5.74, 6) is -0.0523. The first-order chi connectivity index (χ1) is 10.4. The first-order valence-corrected chi connectivity index (χ1v) is 6.99. The molecule has 0 unspecified atom stereocenters. The molecular formula is C16H23NO5. The van der Waals surface area contributed by atoms with Crippen molar-refractivity contribution in [2.24, 2.45) is 0 Å². The third-order valence-corrected chi connectivity index (χ3v) is 2.92. The maximum absolute atomic E-state index is 12.3. The van der Waals surface area contributed by atoms with Crippen molar-refractivity contribution in [1.29, 1.82) is 0 Å². The van der Waals surface area contributed by atoms with Gasteiger partial charge < -0.3 is 19.5 Å². The first kappa shape index (κ1) is 18.0. The highest BCUT2D eigenvalue weighted by Gasteiger charge is 2.25. The van der Waals surface area contributed by atoms with Crippen LogP contribution in [0.3, 0.4) is 0 Å². The second kappa shape index (κ2) is 8.38. The molecule has 0 aliphatic rings. The van der Waals surface area contributed by atoms with E-state index in [9.17, 15) is 9.59 Å². The van der Waals surface area contributed by atoms with Crippen LogP contribution in [0.15, 0.2) is 24.3 Å². The summed E-state index contributed by atoms with van der Waals surface area (Å²) >= 11 is 0. The van der Waals surface area contributed by atoms with Crippen LogP contribution >= 0.6 is 0 Å². The number of esters is 1. The van der Waals surface area contributed by atoms with Crippen LogP contribution < -0.4 is 10.1 Å². The van der Waals surface area contributed by atoms with Crippen molar-refractivity contribution in [3.8, 4) is 5.75 Å². The molecule has 0 aliphatic heterocycles. The van der Waals surface area contributed by atoms with Gasteiger partial charge in [-0.2, -0.15) is 0 Å². The Kier molecular flexibility index (Phi) is 6.85. The second-order valence-electron chi connectivity index (χ2n) is 5.46. The Morgan fingerprint density at radius 2 is 1.91 bits per heavy atom. The molecular weight excluding hydrogens is 286 g/mol. The molecule has 0 bridgehead atoms. The van der Waals surface area contributed by atoms with E-state index in [0.717, 1.165) is 0 Å². The number of hydrogen-bond donors (Lipinski definition) is 1. The highest BCUT2D eigenvalue weighted by atomic mass is 16.5. The first-order valence-electron chi connectivity index (χ1n) is 6.99. The van der Waals surface area contributed by atoms with Gasteiger partial charge in [0.05, 0.1) is 20.1 Å². The Hall–Kier alpha value is -2.08. The van der Waals surface area contributed by atoms with Gasteiger partial charge in [-0.05, 0) is 32.0 Å². The number of nitrogens with one attached hydrogen (secondary N) is 1. The quantitative estimate of drug-likeness (QED) is 0.585. The molecule has 1 N–H and O–H groups in total. The fourth-order valence-electron chi connectivity index (χ4n) is 1.83. The Morgan fingerprint density at radius 1 is 1.18 bits per heavy atom. The average molecular weight is 309 g/mol. The fourth-order valence-corrected chi connectivity index (χ4v) is 1.83. The van der Waals surface area contributed by atoms with E-state index in [1.54, 1.807) is 45.2 Å². The lowest BCUT2D eigenvalue weighted by molar-refractivity contribution is -0.141. The molecule has 0 heterocycles. The molecule has 0 saturated carbocycles. The topological polar surface area (TPSA) is 73.9 Å². The van der Waals surface area contributed by atoms with E-state index in [1.165, 1.54) is 7.11 Å². The minimum absolute atomic E-state index is 0.0965. The van der Waals surface area contributed by atoms with Crippen LogP contribution in [0.25, 0.3) is 0 Å². The highest BCUT2D eigenvalue weighted by molar-refractivity contribution is 5.95. The maximum Gasteiger partial charge on any atom is 0.307 e. The molecule has 1 rings (SSSR count). The number of methoxy groups -OCH3 is 2. The number of carbonyl (C=O) groups excluding carboxylic acids is 2. The Labute approximate surface area is 130 Å². The summed E-state index contributed by atoms with van der Waals surface area (Å²) in [7, 11) is 2.91. The number of hydrogen-bond acceptors (Lipinski definition) is 5. The number of rotatable bonds is 8. The molecule has 0 saturated heterocycles. The van der Waals surface area contributed by atoms with E-state index in [2.05, 4.69) is 10.1 Å². The molecule has 0 aromatic heterocycles. The average Bonchev–Trinajstić information content (AvgIpc) is 2.46. The van der Waals surface area contributed by atoms with Gasteiger partial charge in [-0.25, -0.2) is 0 Å². The molecule has 0 spiro atoms. The minimum Gasteiger partial charge on any atom is -0.491 e. The summed E-state index contributed by atoms with van der Waals surface area (Å²) in [6, 6.07) is 6.85. The van der Waals surface area contributed by atoms with Crippen molar-refractivity contribution in [2.75, 3.05) is 27.4 Å². The van der Waals surface area contributed by atoms with Crippen molar-refractivity contribution in [1.82, 2.24) is 5.32 Å². The Morgan fingerprint density at radius 3 is 2.55 bits per heavy atom. The van der Waals surface area contributed by atoms with E-state index in [1.807, 2.05) is 0 Å². The SMILES string of the molecule is COCCOc1cccc(C(=O)NC(C)(C)CC(=O)OC)c1. The van der Waals surface area contributed by atoms with Gasteiger partial charge in [0.25, 0.3) is 5.91 Å². The van der Waals surface area contributed by atoms with Crippen LogP contribution in [0.2, 0.25) is 0 Å². The summed E-state index contributed by atoms with van der Waals surface area (Å²) in [5, 5.41) is 2.81. The predicted molar refractivity (Wildman–Crippen MR) is 82.0 cm³/mol. The molecule has 0 fully saturated rings. The molecule has 122 valence electrons. The highest BCUT2D eigenvalue weighted by Crippen LogP contribution is 2.15. The molecule has 1 amide bonds. The van der Waals surface area contributed by atoms with E-state index >= 15 is 0 Å². The fraction of sp³-hybridized carbons (Fsp3) is 0.500. The van der Waals surface area contributed by atoms with Gasteiger partial charge in [-0.15, -0.1) is 0 Å². The van der Waals surface area contributed by atoms with Crippen LogP contribution in [0.1, 0.15) is 30.6 Å². The molecule has 6 nitrogen and oxygen atoms in total. The van der Waals surface area contributed by atoms with Crippen LogP contribution in [-0.2, 0) is 14.3 Å². The monoisotopic (exact) mass is 309 g/mol. The van der Waals surface area contributed by atoms with Gasteiger partial charge in [0.15, 0.2) is 0 Å². The van der Waals surface area contributed by atoms with Crippen molar-refractivity contribution < 1.29 is 23.8 Å². The van der Waals surface area contributed by atoms with Gasteiger partial charge in [-0.3, -0.25) is 9.59 Å². The third kappa shape index (κ3) is 6.13. The zero-order valence-electron chi connectivity index (χ0n) is 13.5. The van der Waals surface area contributed by atoms with Gasteiger partial charge in [0.1, 0.15) is 12.4 Å². The normalized spacial score (nSPS) is 10.9. The minimum atomic E-state index is -0.697. The van der Waals surface area contributed by atoms with E-state index in [-0.39, 0.29) is 18.3 Å². The lowest BCUT2D eigenvalue weighted by Crippen LogP contribution is -2.45. The summed E-state index contributed by atoms with van der Waals surface area (Å²) in [6.07, 6.45) is 0.0965. The molecule has 0 atom stereocenters. The molecule has 1 aromatic carbocycles. The van der Waals surface area contributed by atoms with Gasteiger partial charge in [0, 0.05) is 18.2 Å². The molecule has 22 heavy (non-hydrogen) atoms. The van der Waals surface area contributed by atoms with Crippen LogP contribution in [-0.4, -0.2) is 44.8 Å². The predicted octanol–water partition coefficient (Wildman–Crippen LogP) is 1.78. The van der Waals surface area contributed by atoms with Gasteiger partial charge in [-0.1, -0.05) is 6.07 Å². The number of ether oxygens (including phenoxy) is 3. The largest absolute Gasteiger partial charge is 0.491 e. The van der Waals surface area contributed by atoms with Crippen LogP contribution in [0.4, 0.5) is 0 Å². The summed E-state index contributed by atoms with van der Waals surface area (Å²) in [4.78, 5) is 23.6. The van der Waals surface area contributed by atoms with Crippen molar-refractivity contribution >= 4 is 11.9 Å². The lowest BCUT2D eigenvalue weighted by Gasteiger charge is -2.25. The van der Waals surface area contributed by atoms with E-state index in [0.29, 0.717) is 24.5 Å².